The molecule has 2 rings (SSSR count). The summed E-state index contributed by atoms with van der Waals surface area (Å²) in [6, 6.07) is 12.5. The number of nitrogens with one attached hydrogen (secondary N) is 1. The number of benzene rings is 2. The first kappa shape index (κ1) is 16.1. The average Bonchev–Trinajstić information content (AvgIpc) is 2.52. The molecule has 4 nitrogen and oxygen atoms in total. The fourth-order valence-electron chi connectivity index (χ4n) is 1.89. The fraction of sp³-hybridized carbons (Fsp3) is 0.118. The number of carboxylic acid groups (broad SMARTS) is 1. The molecule has 0 aromatic heterocycles. The second-order valence-corrected chi connectivity index (χ2v) is 5.46. The van der Waals surface area contributed by atoms with E-state index in [0.717, 1.165) is 21.5 Å². The van der Waals surface area contributed by atoms with E-state index in [0.29, 0.717) is 13.2 Å². The summed E-state index contributed by atoms with van der Waals surface area (Å²) in [6.07, 6.45) is 1.69. The molecule has 2 N–H and O–H groups in total. The molecule has 0 aliphatic heterocycles. The Morgan fingerprint density at radius 2 is 2.14 bits per heavy atom. The smallest absolute Gasteiger partial charge is 0.335 e. The summed E-state index contributed by atoms with van der Waals surface area (Å²) >= 11 is 3.47. The van der Waals surface area contributed by atoms with Crippen LogP contribution < -0.4 is 10.1 Å². The van der Waals surface area contributed by atoms with Crippen molar-refractivity contribution in [2.75, 3.05) is 11.9 Å². The maximum Gasteiger partial charge on any atom is 0.335 e. The van der Waals surface area contributed by atoms with Gasteiger partial charge in [-0.25, -0.2) is 4.79 Å². The van der Waals surface area contributed by atoms with Crippen molar-refractivity contribution in [1.29, 1.82) is 0 Å². The number of hydrogen-bond acceptors (Lipinski definition) is 3. The molecule has 0 aliphatic carbocycles. The van der Waals surface area contributed by atoms with Crippen molar-refractivity contribution >= 4 is 27.6 Å². The number of carbonyl (C=O) groups is 1. The Bertz CT molecular complexity index is 685. The van der Waals surface area contributed by atoms with Gasteiger partial charge in [0.2, 0.25) is 0 Å². The third-order valence-corrected chi connectivity index (χ3v) is 3.58. The third kappa shape index (κ3) is 4.36. The highest BCUT2D eigenvalue weighted by Gasteiger charge is 2.05. The molecular formula is C17H16BrNO3. The molecule has 0 atom stereocenters. The number of hydrogen-bond donors (Lipinski definition) is 2. The van der Waals surface area contributed by atoms with Gasteiger partial charge in [-0.05, 0) is 51.8 Å². The lowest BCUT2D eigenvalue weighted by Crippen LogP contribution is -2.02. The largest absolute Gasteiger partial charge is 0.488 e. The molecule has 0 amide bonds. The molecule has 0 saturated carbocycles. The molecule has 5 heteroatoms. The van der Waals surface area contributed by atoms with Crippen molar-refractivity contribution in [2.24, 2.45) is 0 Å². The molecule has 0 heterocycles. The average molecular weight is 362 g/mol. The van der Waals surface area contributed by atoms with Gasteiger partial charge in [0.15, 0.2) is 0 Å². The third-order valence-electron chi connectivity index (χ3n) is 2.96. The highest BCUT2D eigenvalue weighted by Crippen LogP contribution is 2.26. The van der Waals surface area contributed by atoms with E-state index in [2.05, 4.69) is 27.8 Å². The van der Waals surface area contributed by atoms with Crippen molar-refractivity contribution in [3.8, 4) is 5.75 Å². The van der Waals surface area contributed by atoms with Gasteiger partial charge < -0.3 is 15.2 Å². The standard InChI is InChI=1S/C17H16BrNO3/c1-2-8-22-16-7-6-12(9-15(16)18)11-19-14-5-3-4-13(10-14)17(20)21/h2-7,9-10,19H,1,8,11H2,(H,20,21). The van der Waals surface area contributed by atoms with E-state index in [-0.39, 0.29) is 5.56 Å². The predicted molar refractivity (Wildman–Crippen MR) is 90.6 cm³/mol. The molecule has 0 bridgehead atoms. The van der Waals surface area contributed by atoms with Crippen LogP contribution in [0.3, 0.4) is 0 Å². The first-order valence-electron chi connectivity index (χ1n) is 6.69. The van der Waals surface area contributed by atoms with Crippen LogP contribution in [0.5, 0.6) is 5.75 Å². The first-order valence-corrected chi connectivity index (χ1v) is 7.49. The Labute approximate surface area is 137 Å². The lowest BCUT2D eigenvalue weighted by molar-refractivity contribution is 0.0697. The summed E-state index contributed by atoms with van der Waals surface area (Å²) in [5.41, 5.74) is 2.08. The van der Waals surface area contributed by atoms with Gasteiger partial charge >= 0.3 is 5.97 Å². The molecule has 0 saturated heterocycles. The van der Waals surface area contributed by atoms with E-state index in [9.17, 15) is 4.79 Å². The quantitative estimate of drug-likeness (QED) is 0.720. The number of anilines is 1. The summed E-state index contributed by atoms with van der Waals surface area (Å²) in [5, 5.41) is 12.2. The molecule has 0 unspecified atom stereocenters. The van der Waals surface area contributed by atoms with Gasteiger partial charge in [-0.2, -0.15) is 0 Å². The van der Waals surface area contributed by atoms with Gasteiger partial charge in [-0.1, -0.05) is 24.8 Å². The zero-order valence-corrected chi connectivity index (χ0v) is 13.5. The minimum absolute atomic E-state index is 0.263. The van der Waals surface area contributed by atoms with Crippen LogP contribution in [0.1, 0.15) is 15.9 Å². The summed E-state index contributed by atoms with van der Waals surface area (Å²) in [6.45, 7) is 4.66. The van der Waals surface area contributed by atoms with Gasteiger partial charge in [0.05, 0.1) is 10.0 Å². The summed E-state index contributed by atoms with van der Waals surface area (Å²) in [5.74, 6) is -0.174. The van der Waals surface area contributed by atoms with Crippen molar-refractivity contribution in [3.05, 3.63) is 70.7 Å². The molecule has 0 radical (unpaired) electrons. The summed E-state index contributed by atoms with van der Waals surface area (Å²) < 4.78 is 6.36. The Kier molecular flexibility index (Phi) is 5.61. The van der Waals surface area contributed by atoms with Crippen LogP contribution in [0.4, 0.5) is 5.69 Å². The summed E-state index contributed by atoms with van der Waals surface area (Å²) in [7, 11) is 0. The molecule has 0 fully saturated rings. The normalized spacial score (nSPS) is 10.0. The lowest BCUT2D eigenvalue weighted by atomic mass is 10.2. The zero-order chi connectivity index (χ0) is 15.9. The minimum atomic E-state index is -0.935. The van der Waals surface area contributed by atoms with Gasteiger partial charge in [-0.15, -0.1) is 0 Å². The molecule has 22 heavy (non-hydrogen) atoms. The number of rotatable bonds is 7. The molecule has 0 spiro atoms. The Morgan fingerprint density at radius 3 is 2.82 bits per heavy atom. The van der Waals surface area contributed by atoms with Gasteiger partial charge in [0, 0.05) is 12.2 Å². The lowest BCUT2D eigenvalue weighted by Gasteiger charge is -2.10. The zero-order valence-electron chi connectivity index (χ0n) is 11.9. The van der Waals surface area contributed by atoms with E-state index in [4.69, 9.17) is 9.84 Å². The number of carboxylic acids is 1. The van der Waals surface area contributed by atoms with Crippen molar-refractivity contribution in [3.63, 3.8) is 0 Å². The van der Waals surface area contributed by atoms with Gasteiger partial charge in [0.25, 0.3) is 0 Å². The maximum atomic E-state index is 10.9. The first-order chi connectivity index (χ1) is 10.6. The predicted octanol–water partition coefficient (Wildman–Crippen LogP) is 4.32. The summed E-state index contributed by atoms with van der Waals surface area (Å²) in [4.78, 5) is 10.9. The Hall–Kier alpha value is -2.27. The molecule has 2 aromatic carbocycles. The Balaban J connectivity index is 2.02. The minimum Gasteiger partial charge on any atom is -0.488 e. The number of aromatic carboxylic acids is 1. The highest BCUT2D eigenvalue weighted by atomic mass is 79.9. The van der Waals surface area contributed by atoms with Crippen LogP contribution in [-0.2, 0) is 6.54 Å². The highest BCUT2D eigenvalue weighted by molar-refractivity contribution is 9.10. The molecular weight excluding hydrogens is 346 g/mol. The topological polar surface area (TPSA) is 58.6 Å². The van der Waals surface area contributed by atoms with Crippen LogP contribution in [0.15, 0.2) is 59.6 Å². The SMILES string of the molecule is C=CCOc1ccc(CNc2cccc(C(=O)O)c2)cc1Br. The second-order valence-electron chi connectivity index (χ2n) is 4.60. The van der Waals surface area contributed by atoms with E-state index in [1.807, 2.05) is 24.3 Å². The van der Waals surface area contributed by atoms with Crippen LogP contribution in [0.25, 0.3) is 0 Å². The molecule has 114 valence electrons. The van der Waals surface area contributed by atoms with Crippen LogP contribution in [-0.4, -0.2) is 17.7 Å². The van der Waals surface area contributed by atoms with E-state index >= 15 is 0 Å². The van der Waals surface area contributed by atoms with Crippen LogP contribution >= 0.6 is 15.9 Å². The van der Waals surface area contributed by atoms with E-state index in [1.54, 1.807) is 24.3 Å². The maximum absolute atomic E-state index is 10.9. The molecule has 2 aromatic rings. The van der Waals surface area contributed by atoms with Gasteiger partial charge in [0.1, 0.15) is 12.4 Å². The van der Waals surface area contributed by atoms with E-state index in [1.165, 1.54) is 0 Å². The van der Waals surface area contributed by atoms with Gasteiger partial charge in [-0.3, -0.25) is 0 Å². The Morgan fingerprint density at radius 1 is 1.32 bits per heavy atom. The van der Waals surface area contributed by atoms with E-state index < -0.39 is 5.97 Å². The molecule has 0 aliphatic rings. The van der Waals surface area contributed by atoms with Crippen LogP contribution in [0.2, 0.25) is 0 Å². The number of halogens is 1. The fourth-order valence-corrected chi connectivity index (χ4v) is 2.43. The van der Waals surface area contributed by atoms with Crippen molar-refractivity contribution in [2.45, 2.75) is 6.54 Å². The van der Waals surface area contributed by atoms with Crippen molar-refractivity contribution in [1.82, 2.24) is 0 Å². The second kappa shape index (κ2) is 7.66. The van der Waals surface area contributed by atoms with Crippen LogP contribution in [0, 0.1) is 0 Å². The monoisotopic (exact) mass is 361 g/mol. The van der Waals surface area contributed by atoms with Crippen molar-refractivity contribution < 1.29 is 14.6 Å². The number of ether oxygens (including phenoxy) is 1.